The number of aliphatic hydroxyl groups excluding tert-OH is 1. The van der Waals surface area contributed by atoms with Crippen molar-refractivity contribution in [1.82, 2.24) is 0 Å². The molecule has 0 aliphatic carbocycles. The predicted octanol–water partition coefficient (Wildman–Crippen LogP) is 2.60. The number of aliphatic hydroxyl groups is 1. The van der Waals surface area contributed by atoms with Gasteiger partial charge in [0.1, 0.15) is 0 Å². The van der Waals surface area contributed by atoms with Gasteiger partial charge >= 0.3 is 0 Å². The maximum atomic E-state index is 12.1. The minimum absolute atomic E-state index is 0.147. The standard InChI is InChI=1S/C13H15NO3S2/c1-2-10-4-3-5-11(6-10)14-19(16,17)13-7-12(8-15)18-9-13/h3-7,9,14-15H,2,8H2,1H3. The second kappa shape index (κ2) is 5.73. The summed E-state index contributed by atoms with van der Waals surface area (Å²) in [6, 6.07) is 8.79. The highest BCUT2D eigenvalue weighted by atomic mass is 32.2. The van der Waals surface area contributed by atoms with E-state index >= 15 is 0 Å². The van der Waals surface area contributed by atoms with Gasteiger partial charge in [-0.3, -0.25) is 4.72 Å². The van der Waals surface area contributed by atoms with Gasteiger partial charge in [0.05, 0.1) is 11.5 Å². The molecule has 102 valence electrons. The molecule has 0 aliphatic heterocycles. The van der Waals surface area contributed by atoms with Crippen molar-refractivity contribution in [3.63, 3.8) is 0 Å². The van der Waals surface area contributed by atoms with E-state index in [0.29, 0.717) is 10.6 Å². The number of sulfonamides is 1. The van der Waals surface area contributed by atoms with Gasteiger partial charge in [0, 0.05) is 15.9 Å². The summed E-state index contributed by atoms with van der Waals surface area (Å²) in [5, 5.41) is 10.5. The van der Waals surface area contributed by atoms with E-state index in [0.717, 1.165) is 12.0 Å². The Morgan fingerprint density at radius 3 is 2.74 bits per heavy atom. The molecule has 0 fully saturated rings. The number of hydrogen-bond acceptors (Lipinski definition) is 4. The van der Waals surface area contributed by atoms with Crippen LogP contribution in [-0.2, 0) is 23.1 Å². The van der Waals surface area contributed by atoms with E-state index in [1.807, 2.05) is 25.1 Å². The maximum absolute atomic E-state index is 12.1. The molecule has 1 aromatic carbocycles. The van der Waals surface area contributed by atoms with Crippen LogP contribution in [0.2, 0.25) is 0 Å². The van der Waals surface area contributed by atoms with Gasteiger partial charge in [-0.2, -0.15) is 0 Å². The maximum Gasteiger partial charge on any atom is 0.262 e. The fourth-order valence-corrected chi connectivity index (χ4v) is 3.84. The van der Waals surface area contributed by atoms with Gasteiger partial charge in [0.25, 0.3) is 10.0 Å². The van der Waals surface area contributed by atoms with Crippen LogP contribution in [0.15, 0.2) is 40.6 Å². The number of rotatable bonds is 5. The second-order valence-corrected chi connectivity index (χ2v) is 6.74. The second-order valence-electron chi connectivity index (χ2n) is 4.07. The van der Waals surface area contributed by atoms with Crippen LogP contribution >= 0.6 is 11.3 Å². The molecule has 0 saturated heterocycles. The Labute approximate surface area is 116 Å². The van der Waals surface area contributed by atoms with Crippen molar-refractivity contribution in [2.75, 3.05) is 4.72 Å². The zero-order valence-electron chi connectivity index (χ0n) is 10.5. The lowest BCUT2D eigenvalue weighted by Gasteiger charge is -2.07. The molecule has 6 heteroatoms. The first-order chi connectivity index (χ1) is 9.05. The van der Waals surface area contributed by atoms with Crippen LogP contribution in [0, 0.1) is 0 Å². The zero-order chi connectivity index (χ0) is 13.9. The van der Waals surface area contributed by atoms with Gasteiger partial charge in [-0.1, -0.05) is 19.1 Å². The fraction of sp³-hybridized carbons (Fsp3) is 0.231. The number of hydrogen-bond donors (Lipinski definition) is 2. The lowest BCUT2D eigenvalue weighted by molar-refractivity contribution is 0.285. The van der Waals surface area contributed by atoms with Crippen molar-refractivity contribution < 1.29 is 13.5 Å². The SMILES string of the molecule is CCc1cccc(NS(=O)(=O)c2csc(CO)c2)c1. The Morgan fingerprint density at radius 1 is 1.32 bits per heavy atom. The Bertz CT molecular complexity index is 662. The van der Waals surface area contributed by atoms with E-state index in [-0.39, 0.29) is 11.5 Å². The number of anilines is 1. The molecular weight excluding hydrogens is 282 g/mol. The molecule has 1 heterocycles. The quantitative estimate of drug-likeness (QED) is 0.891. The summed E-state index contributed by atoms with van der Waals surface area (Å²) in [6.45, 7) is 1.87. The Balaban J connectivity index is 2.25. The van der Waals surface area contributed by atoms with E-state index in [1.54, 1.807) is 6.07 Å². The minimum atomic E-state index is -3.58. The first-order valence-corrected chi connectivity index (χ1v) is 8.21. The summed E-state index contributed by atoms with van der Waals surface area (Å²) in [5.41, 5.74) is 1.62. The van der Waals surface area contributed by atoms with Crippen molar-refractivity contribution in [1.29, 1.82) is 0 Å². The van der Waals surface area contributed by atoms with Crippen LogP contribution in [0.1, 0.15) is 17.4 Å². The van der Waals surface area contributed by atoms with Gasteiger partial charge in [-0.15, -0.1) is 11.3 Å². The van der Waals surface area contributed by atoms with Crippen molar-refractivity contribution in [3.05, 3.63) is 46.2 Å². The van der Waals surface area contributed by atoms with E-state index in [4.69, 9.17) is 5.11 Å². The molecule has 2 rings (SSSR count). The van der Waals surface area contributed by atoms with Crippen molar-refractivity contribution >= 4 is 27.0 Å². The van der Waals surface area contributed by atoms with Crippen LogP contribution < -0.4 is 4.72 Å². The third kappa shape index (κ3) is 3.34. The minimum Gasteiger partial charge on any atom is -0.391 e. The average molecular weight is 297 g/mol. The highest BCUT2D eigenvalue weighted by Gasteiger charge is 2.16. The average Bonchev–Trinajstić information content (AvgIpc) is 2.88. The molecule has 0 radical (unpaired) electrons. The van der Waals surface area contributed by atoms with Gasteiger partial charge in [0.15, 0.2) is 0 Å². The van der Waals surface area contributed by atoms with E-state index in [1.165, 1.54) is 22.8 Å². The molecule has 0 bridgehead atoms. The number of thiophene rings is 1. The van der Waals surface area contributed by atoms with Crippen LogP contribution in [0.5, 0.6) is 0 Å². The molecular formula is C13H15NO3S2. The molecule has 0 amide bonds. The zero-order valence-corrected chi connectivity index (χ0v) is 12.1. The largest absolute Gasteiger partial charge is 0.391 e. The Morgan fingerprint density at radius 2 is 2.11 bits per heavy atom. The summed E-state index contributed by atoms with van der Waals surface area (Å²) in [7, 11) is -3.58. The number of aryl methyl sites for hydroxylation is 1. The molecule has 2 N–H and O–H groups in total. The molecule has 0 aliphatic rings. The van der Waals surface area contributed by atoms with E-state index in [9.17, 15) is 8.42 Å². The topological polar surface area (TPSA) is 66.4 Å². The molecule has 1 aromatic heterocycles. The molecule has 2 aromatic rings. The summed E-state index contributed by atoms with van der Waals surface area (Å²) in [5.74, 6) is 0. The Kier molecular flexibility index (Phi) is 4.24. The molecule has 19 heavy (non-hydrogen) atoms. The van der Waals surface area contributed by atoms with E-state index in [2.05, 4.69) is 4.72 Å². The van der Waals surface area contributed by atoms with Crippen molar-refractivity contribution in [2.45, 2.75) is 24.8 Å². The molecule has 4 nitrogen and oxygen atoms in total. The molecule has 0 unspecified atom stereocenters. The number of nitrogens with one attached hydrogen (secondary N) is 1. The first-order valence-electron chi connectivity index (χ1n) is 5.85. The van der Waals surface area contributed by atoms with Gasteiger partial charge in [-0.25, -0.2) is 8.42 Å². The first kappa shape index (κ1) is 14.0. The Hall–Kier alpha value is -1.37. The predicted molar refractivity (Wildman–Crippen MR) is 76.9 cm³/mol. The van der Waals surface area contributed by atoms with Crippen LogP contribution in [0.3, 0.4) is 0 Å². The lowest BCUT2D eigenvalue weighted by atomic mass is 10.1. The molecule has 0 saturated carbocycles. The van der Waals surface area contributed by atoms with Crippen LogP contribution in [-0.4, -0.2) is 13.5 Å². The fourth-order valence-electron chi connectivity index (χ4n) is 1.65. The monoisotopic (exact) mass is 297 g/mol. The lowest BCUT2D eigenvalue weighted by Crippen LogP contribution is -2.12. The smallest absolute Gasteiger partial charge is 0.262 e. The third-order valence-electron chi connectivity index (χ3n) is 2.68. The van der Waals surface area contributed by atoms with Crippen molar-refractivity contribution in [2.24, 2.45) is 0 Å². The summed E-state index contributed by atoms with van der Waals surface area (Å²) < 4.78 is 26.8. The summed E-state index contributed by atoms with van der Waals surface area (Å²) in [6.07, 6.45) is 0.850. The molecule has 0 atom stereocenters. The normalized spacial score (nSPS) is 11.5. The molecule has 0 spiro atoms. The van der Waals surface area contributed by atoms with Crippen LogP contribution in [0.25, 0.3) is 0 Å². The summed E-state index contributed by atoms with van der Waals surface area (Å²) in [4.78, 5) is 0.811. The highest BCUT2D eigenvalue weighted by molar-refractivity contribution is 7.92. The third-order valence-corrected chi connectivity index (χ3v) is 5.11. The number of benzene rings is 1. The van der Waals surface area contributed by atoms with Crippen molar-refractivity contribution in [3.8, 4) is 0 Å². The van der Waals surface area contributed by atoms with Gasteiger partial charge in [0.2, 0.25) is 0 Å². The van der Waals surface area contributed by atoms with E-state index < -0.39 is 10.0 Å². The summed E-state index contributed by atoms with van der Waals surface area (Å²) >= 11 is 1.23. The van der Waals surface area contributed by atoms with Gasteiger partial charge < -0.3 is 5.11 Å². The highest BCUT2D eigenvalue weighted by Crippen LogP contribution is 2.22. The van der Waals surface area contributed by atoms with Crippen LogP contribution in [0.4, 0.5) is 5.69 Å². The van der Waals surface area contributed by atoms with Gasteiger partial charge in [-0.05, 0) is 30.2 Å².